The molecule has 0 spiro atoms. The first kappa shape index (κ1) is 24.9. The minimum atomic E-state index is -1.57. The van der Waals surface area contributed by atoms with Crippen molar-refractivity contribution in [1.29, 1.82) is 0 Å². The van der Waals surface area contributed by atoms with Crippen LogP contribution in [0.15, 0.2) is 36.5 Å². The second kappa shape index (κ2) is 10.7. The van der Waals surface area contributed by atoms with E-state index in [0.717, 1.165) is 47.2 Å². The second-order valence-electron chi connectivity index (χ2n) is 9.90. The number of halogens is 3. The molecule has 6 nitrogen and oxygen atoms in total. The zero-order valence-corrected chi connectivity index (χ0v) is 20.7. The lowest BCUT2D eigenvalue weighted by Crippen LogP contribution is -2.49. The van der Waals surface area contributed by atoms with Gasteiger partial charge in [-0.1, -0.05) is 6.07 Å². The van der Waals surface area contributed by atoms with Crippen LogP contribution in [0.1, 0.15) is 29.7 Å². The average molecular weight is 503 g/mol. The molecular formula is C27H33F3N4O2. The van der Waals surface area contributed by atoms with Crippen molar-refractivity contribution in [3.63, 3.8) is 0 Å². The first-order chi connectivity index (χ1) is 17.5. The van der Waals surface area contributed by atoms with Crippen molar-refractivity contribution in [2.24, 2.45) is 5.92 Å². The van der Waals surface area contributed by atoms with E-state index in [2.05, 4.69) is 15.1 Å². The Balaban J connectivity index is 1.44. The smallest absolute Gasteiger partial charge is 0.141 e. The first-order valence-corrected chi connectivity index (χ1v) is 12.5. The lowest BCUT2D eigenvalue weighted by Gasteiger charge is -2.43. The van der Waals surface area contributed by atoms with Gasteiger partial charge in [-0.25, -0.2) is 8.78 Å². The molecular weight excluding hydrogens is 469 g/mol. The third kappa shape index (κ3) is 4.78. The average Bonchev–Trinajstić information content (AvgIpc) is 3.35. The van der Waals surface area contributed by atoms with Gasteiger partial charge >= 0.3 is 0 Å². The first-order valence-electron chi connectivity index (χ1n) is 12.5. The van der Waals surface area contributed by atoms with Crippen LogP contribution in [0.3, 0.4) is 0 Å². The van der Waals surface area contributed by atoms with E-state index in [4.69, 9.17) is 9.47 Å². The fourth-order valence-electron chi connectivity index (χ4n) is 5.59. The summed E-state index contributed by atoms with van der Waals surface area (Å²) in [5.41, 5.74) is 4.03. The van der Waals surface area contributed by atoms with Gasteiger partial charge in [0.15, 0.2) is 0 Å². The molecule has 1 N–H and O–H groups in total. The van der Waals surface area contributed by atoms with Gasteiger partial charge in [0, 0.05) is 55.2 Å². The topological polar surface area (TPSA) is 53.6 Å². The number of rotatable bonds is 10. The van der Waals surface area contributed by atoms with Gasteiger partial charge in [0.25, 0.3) is 0 Å². The van der Waals surface area contributed by atoms with E-state index in [1.807, 2.05) is 48.4 Å². The standard InChI is InChI=1S/C27H33F3N4O2/c1-17-9-23-21(5-6-25-24(23)13-31-32-25)27(34(17)16-19(30)12-29)22-4-3-20(10-26(22)35-2)36-8-7-33-14-18(11-28)15-33/h3-6,10,13,17-19,27H,7-9,11-12,14-16H2,1-2H3,(H,31,32)/t17-,19?,27?/m1/s1. The number of likely N-dealkylation sites (tertiary alicyclic amines) is 1. The van der Waals surface area contributed by atoms with Crippen molar-refractivity contribution >= 4 is 10.9 Å². The minimum absolute atomic E-state index is 0.0116. The third-order valence-electron chi connectivity index (χ3n) is 7.47. The van der Waals surface area contributed by atoms with Crippen molar-refractivity contribution in [2.45, 2.75) is 31.6 Å². The molecule has 2 aliphatic heterocycles. The Labute approximate surface area is 209 Å². The lowest BCUT2D eigenvalue weighted by atomic mass is 9.83. The number of methoxy groups -OCH3 is 1. The summed E-state index contributed by atoms with van der Waals surface area (Å²) in [5, 5.41) is 8.28. The number of benzene rings is 2. The monoisotopic (exact) mass is 502 g/mol. The van der Waals surface area contributed by atoms with Gasteiger partial charge in [0.05, 0.1) is 31.5 Å². The van der Waals surface area contributed by atoms with Crippen molar-refractivity contribution in [2.75, 3.05) is 53.2 Å². The molecule has 9 heteroatoms. The maximum Gasteiger partial charge on any atom is 0.141 e. The van der Waals surface area contributed by atoms with Crippen LogP contribution in [0.4, 0.5) is 13.2 Å². The summed E-state index contributed by atoms with van der Waals surface area (Å²) in [4.78, 5) is 4.20. The Bertz CT molecular complexity index is 1180. The van der Waals surface area contributed by atoms with E-state index in [9.17, 15) is 13.2 Å². The second-order valence-corrected chi connectivity index (χ2v) is 9.90. The minimum Gasteiger partial charge on any atom is -0.496 e. The van der Waals surface area contributed by atoms with Crippen LogP contribution in [-0.4, -0.2) is 85.5 Å². The van der Waals surface area contributed by atoms with Gasteiger partial charge in [-0.15, -0.1) is 0 Å². The van der Waals surface area contributed by atoms with E-state index in [1.165, 1.54) is 0 Å². The maximum absolute atomic E-state index is 14.4. The summed E-state index contributed by atoms with van der Waals surface area (Å²) < 4.78 is 52.0. The van der Waals surface area contributed by atoms with E-state index >= 15 is 0 Å². The highest BCUT2D eigenvalue weighted by Crippen LogP contribution is 2.44. The Hall–Kier alpha value is -2.78. The molecule has 5 rings (SSSR count). The Morgan fingerprint density at radius 3 is 2.72 bits per heavy atom. The molecule has 0 amide bonds. The summed E-state index contributed by atoms with van der Waals surface area (Å²) in [7, 11) is 1.61. The molecule has 3 atom stereocenters. The summed E-state index contributed by atoms with van der Waals surface area (Å²) in [6, 6.07) is 9.41. The van der Waals surface area contributed by atoms with Crippen molar-refractivity contribution in [3.8, 4) is 11.5 Å². The molecule has 0 radical (unpaired) electrons. The number of nitrogens with one attached hydrogen (secondary N) is 1. The van der Waals surface area contributed by atoms with Gasteiger partial charge in [-0.05, 0) is 42.7 Å². The largest absolute Gasteiger partial charge is 0.496 e. The van der Waals surface area contributed by atoms with E-state index < -0.39 is 12.8 Å². The lowest BCUT2D eigenvalue weighted by molar-refractivity contribution is 0.0668. The van der Waals surface area contributed by atoms with Crippen LogP contribution < -0.4 is 9.47 Å². The van der Waals surface area contributed by atoms with Crippen molar-refractivity contribution in [1.82, 2.24) is 20.0 Å². The molecule has 3 heterocycles. The molecule has 0 aliphatic carbocycles. The highest BCUT2D eigenvalue weighted by Gasteiger charge is 2.37. The molecule has 1 aromatic heterocycles. The highest BCUT2D eigenvalue weighted by atomic mass is 19.2. The fraction of sp³-hybridized carbons (Fsp3) is 0.519. The van der Waals surface area contributed by atoms with Gasteiger partial charge in [-0.2, -0.15) is 5.10 Å². The Morgan fingerprint density at radius 1 is 1.17 bits per heavy atom. The molecule has 1 fully saturated rings. The number of hydrogen-bond donors (Lipinski definition) is 1. The molecule has 3 aromatic rings. The predicted molar refractivity (Wildman–Crippen MR) is 133 cm³/mol. The summed E-state index contributed by atoms with van der Waals surface area (Å²) >= 11 is 0. The third-order valence-corrected chi connectivity index (χ3v) is 7.47. The molecule has 1 saturated heterocycles. The molecule has 2 aromatic carbocycles. The quantitative estimate of drug-likeness (QED) is 0.443. The summed E-state index contributed by atoms with van der Waals surface area (Å²) in [6.45, 7) is 3.53. The van der Waals surface area contributed by atoms with Crippen LogP contribution in [0.25, 0.3) is 10.9 Å². The Kier molecular flexibility index (Phi) is 7.39. The summed E-state index contributed by atoms with van der Waals surface area (Å²) in [6.07, 6.45) is 0.974. The number of alkyl halides is 3. The zero-order chi connectivity index (χ0) is 25.2. The highest BCUT2D eigenvalue weighted by molar-refractivity contribution is 5.83. The number of aromatic nitrogens is 2. The molecule has 0 bridgehead atoms. The molecule has 2 unspecified atom stereocenters. The van der Waals surface area contributed by atoms with Crippen LogP contribution in [0.2, 0.25) is 0 Å². The number of hydrogen-bond acceptors (Lipinski definition) is 5. The van der Waals surface area contributed by atoms with Gasteiger partial charge in [0.2, 0.25) is 0 Å². The van der Waals surface area contributed by atoms with Crippen molar-refractivity contribution < 1.29 is 22.6 Å². The van der Waals surface area contributed by atoms with Crippen LogP contribution in [-0.2, 0) is 6.42 Å². The molecule has 36 heavy (non-hydrogen) atoms. The van der Waals surface area contributed by atoms with Crippen molar-refractivity contribution in [3.05, 3.63) is 53.2 Å². The Morgan fingerprint density at radius 2 is 1.97 bits per heavy atom. The van der Waals surface area contributed by atoms with Gasteiger partial charge < -0.3 is 9.47 Å². The number of fused-ring (bicyclic) bond motifs is 3. The number of aromatic amines is 1. The molecule has 194 valence electrons. The van der Waals surface area contributed by atoms with Gasteiger partial charge in [-0.3, -0.25) is 19.3 Å². The van der Waals surface area contributed by atoms with E-state index in [1.54, 1.807) is 7.11 Å². The van der Waals surface area contributed by atoms with Crippen LogP contribution in [0, 0.1) is 5.92 Å². The summed E-state index contributed by atoms with van der Waals surface area (Å²) in [5.74, 6) is 1.45. The number of ether oxygens (including phenoxy) is 2. The zero-order valence-electron chi connectivity index (χ0n) is 20.7. The molecule has 2 aliphatic rings. The van der Waals surface area contributed by atoms with Crippen LogP contribution in [0.5, 0.6) is 11.5 Å². The van der Waals surface area contributed by atoms with Gasteiger partial charge in [0.1, 0.15) is 31.0 Å². The predicted octanol–water partition coefficient (Wildman–Crippen LogP) is 4.50. The fourth-order valence-corrected chi connectivity index (χ4v) is 5.59. The van der Waals surface area contributed by atoms with Crippen LogP contribution >= 0.6 is 0 Å². The number of nitrogens with zero attached hydrogens (tertiary/aromatic N) is 3. The number of H-pyrrole nitrogens is 1. The SMILES string of the molecule is COc1cc(OCCN2CC(CF)C2)ccc1C1c2ccc3[nH]ncc3c2C[C@@H](C)N1CC(F)CF. The normalized spacial score (nSPS) is 21.8. The van der Waals surface area contributed by atoms with E-state index in [0.29, 0.717) is 24.5 Å². The van der Waals surface area contributed by atoms with E-state index in [-0.39, 0.29) is 31.2 Å². The molecule has 0 saturated carbocycles. The maximum atomic E-state index is 14.4.